The second-order valence-corrected chi connectivity index (χ2v) is 9.69. The van der Waals surface area contributed by atoms with Crippen molar-refractivity contribution in [1.29, 1.82) is 0 Å². The van der Waals surface area contributed by atoms with Gasteiger partial charge in [0.1, 0.15) is 9.84 Å². The summed E-state index contributed by atoms with van der Waals surface area (Å²) < 4.78 is 47.7. The van der Waals surface area contributed by atoms with Crippen molar-refractivity contribution in [1.82, 2.24) is 4.31 Å². The molecule has 0 radical (unpaired) electrons. The average Bonchev–Trinajstić information content (AvgIpc) is 2.82. The topological polar surface area (TPSA) is 71.5 Å². The van der Waals surface area contributed by atoms with Gasteiger partial charge in [-0.15, -0.1) is 0 Å². The van der Waals surface area contributed by atoms with Crippen molar-refractivity contribution in [2.75, 3.05) is 18.6 Å². The van der Waals surface area contributed by atoms with E-state index in [0.717, 1.165) is 6.26 Å². The second kappa shape index (κ2) is 4.51. The lowest BCUT2D eigenvalue weighted by atomic mass is 10.4. The van der Waals surface area contributed by atoms with E-state index in [0.29, 0.717) is 19.4 Å². The van der Waals surface area contributed by atoms with E-state index in [-0.39, 0.29) is 5.75 Å². The van der Waals surface area contributed by atoms with E-state index in [1.165, 1.54) is 4.31 Å². The fourth-order valence-corrected chi connectivity index (χ4v) is 5.18. The Balaban J connectivity index is 2.93. The zero-order valence-electron chi connectivity index (χ0n) is 10.8. The van der Waals surface area contributed by atoms with E-state index in [1.807, 2.05) is 0 Å². The van der Waals surface area contributed by atoms with Crippen LogP contribution >= 0.6 is 0 Å². The van der Waals surface area contributed by atoms with E-state index >= 15 is 0 Å². The molecule has 102 valence electrons. The van der Waals surface area contributed by atoms with Gasteiger partial charge >= 0.3 is 0 Å². The lowest BCUT2D eigenvalue weighted by molar-refractivity contribution is 0.363. The first-order chi connectivity index (χ1) is 7.53. The highest BCUT2D eigenvalue weighted by Crippen LogP contribution is 2.44. The third-order valence-electron chi connectivity index (χ3n) is 3.23. The molecular formula is C10H21NO4S2. The summed E-state index contributed by atoms with van der Waals surface area (Å²) in [6.07, 6.45) is 2.46. The minimum atomic E-state index is -3.38. The first kappa shape index (κ1) is 14.9. The summed E-state index contributed by atoms with van der Waals surface area (Å²) in [5.74, 6) is -0.129. The molecule has 1 atom stereocenters. The normalized spacial score (nSPS) is 21.5. The van der Waals surface area contributed by atoms with Crippen LogP contribution in [0.3, 0.4) is 0 Å². The number of nitrogens with zero attached hydrogens (tertiary/aromatic N) is 1. The van der Waals surface area contributed by atoms with Gasteiger partial charge in [-0.2, -0.15) is 4.31 Å². The molecule has 17 heavy (non-hydrogen) atoms. The molecule has 0 aromatic rings. The van der Waals surface area contributed by atoms with Gasteiger partial charge in [-0.3, -0.25) is 0 Å². The largest absolute Gasteiger partial charge is 0.229 e. The number of hydrogen-bond donors (Lipinski definition) is 0. The van der Waals surface area contributed by atoms with Gasteiger partial charge in [0.2, 0.25) is 10.0 Å². The molecule has 0 amide bonds. The number of sulfonamides is 1. The quantitative estimate of drug-likeness (QED) is 0.716. The smallest absolute Gasteiger partial charge is 0.219 e. The summed E-state index contributed by atoms with van der Waals surface area (Å²) in [6.45, 7) is 5.42. The fraction of sp³-hybridized carbons (Fsp3) is 1.00. The van der Waals surface area contributed by atoms with Crippen molar-refractivity contribution >= 4 is 19.9 Å². The Hall–Kier alpha value is -0.140. The Morgan fingerprint density at radius 2 is 1.71 bits per heavy atom. The van der Waals surface area contributed by atoms with E-state index in [9.17, 15) is 16.8 Å². The molecule has 0 spiro atoms. The molecule has 1 aliphatic carbocycles. The monoisotopic (exact) mass is 283 g/mol. The standard InChI is InChI=1S/C10H21NO4S2/c1-5-11(9(2)8-16(4,12)13)17(14,15)10(3)6-7-10/h9H,5-8H2,1-4H3. The van der Waals surface area contributed by atoms with Crippen molar-refractivity contribution in [3.63, 3.8) is 0 Å². The summed E-state index contributed by atoms with van der Waals surface area (Å²) >= 11 is 0. The Morgan fingerprint density at radius 3 is 2.00 bits per heavy atom. The van der Waals surface area contributed by atoms with Crippen LogP contribution in [0.5, 0.6) is 0 Å². The third-order valence-corrected chi connectivity index (χ3v) is 7.21. The van der Waals surface area contributed by atoms with Gasteiger partial charge in [-0.25, -0.2) is 16.8 Å². The maximum atomic E-state index is 12.3. The van der Waals surface area contributed by atoms with E-state index in [2.05, 4.69) is 0 Å². The van der Waals surface area contributed by atoms with E-state index in [1.54, 1.807) is 20.8 Å². The zero-order valence-corrected chi connectivity index (χ0v) is 12.4. The third kappa shape index (κ3) is 3.20. The molecule has 0 aromatic carbocycles. The van der Waals surface area contributed by atoms with Crippen LogP contribution in [0.2, 0.25) is 0 Å². The molecule has 0 heterocycles. The predicted molar refractivity (Wildman–Crippen MR) is 68.1 cm³/mol. The molecular weight excluding hydrogens is 262 g/mol. The van der Waals surface area contributed by atoms with Gasteiger partial charge in [0.25, 0.3) is 0 Å². The molecule has 1 saturated carbocycles. The molecule has 1 unspecified atom stereocenters. The van der Waals surface area contributed by atoms with Crippen LogP contribution in [0.1, 0.15) is 33.6 Å². The summed E-state index contributed by atoms with van der Waals surface area (Å²) in [6, 6.07) is -0.502. The molecule has 0 saturated heterocycles. The summed E-state index contributed by atoms with van der Waals surface area (Å²) in [5, 5.41) is 0. The Morgan fingerprint density at radius 1 is 1.24 bits per heavy atom. The Labute approximate surface area is 104 Å². The molecule has 0 N–H and O–H groups in total. The lowest BCUT2D eigenvalue weighted by Gasteiger charge is -2.29. The van der Waals surface area contributed by atoms with E-state index < -0.39 is 30.6 Å². The summed E-state index contributed by atoms with van der Waals surface area (Å²) in [4.78, 5) is 0. The first-order valence-electron chi connectivity index (χ1n) is 5.72. The SMILES string of the molecule is CCN(C(C)CS(C)(=O)=O)S(=O)(=O)C1(C)CC1. The zero-order chi connectivity index (χ0) is 13.5. The van der Waals surface area contributed by atoms with Crippen molar-refractivity contribution in [2.45, 2.75) is 44.4 Å². The van der Waals surface area contributed by atoms with Crippen LogP contribution < -0.4 is 0 Å². The highest BCUT2D eigenvalue weighted by Gasteiger charge is 2.53. The predicted octanol–water partition coefficient (Wildman–Crippen LogP) is 0.624. The fourth-order valence-electron chi connectivity index (χ4n) is 1.96. The lowest BCUT2D eigenvalue weighted by Crippen LogP contribution is -2.46. The molecule has 0 bridgehead atoms. The molecule has 5 nitrogen and oxygen atoms in total. The van der Waals surface area contributed by atoms with Gasteiger partial charge < -0.3 is 0 Å². The van der Waals surface area contributed by atoms with Crippen molar-refractivity contribution in [3.05, 3.63) is 0 Å². The minimum absolute atomic E-state index is 0.129. The maximum Gasteiger partial charge on any atom is 0.219 e. The molecule has 0 aliphatic heterocycles. The number of sulfone groups is 1. The van der Waals surface area contributed by atoms with Crippen LogP contribution in [-0.2, 0) is 19.9 Å². The van der Waals surface area contributed by atoms with Crippen LogP contribution in [-0.4, -0.2) is 50.5 Å². The Kier molecular flexibility index (Phi) is 3.96. The summed E-state index contributed by atoms with van der Waals surface area (Å²) in [5.41, 5.74) is 0. The van der Waals surface area contributed by atoms with Crippen molar-refractivity contribution in [2.24, 2.45) is 0 Å². The van der Waals surface area contributed by atoms with Crippen LogP contribution in [0, 0.1) is 0 Å². The summed E-state index contributed by atoms with van der Waals surface area (Å²) in [7, 11) is -6.55. The van der Waals surface area contributed by atoms with Gasteiger partial charge in [0.05, 0.1) is 10.5 Å². The number of hydrogen-bond acceptors (Lipinski definition) is 4. The van der Waals surface area contributed by atoms with Gasteiger partial charge in [0.15, 0.2) is 0 Å². The highest BCUT2D eigenvalue weighted by molar-refractivity contribution is 7.91. The van der Waals surface area contributed by atoms with Gasteiger partial charge in [-0.1, -0.05) is 6.92 Å². The maximum absolute atomic E-state index is 12.3. The highest BCUT2D eigenvalue weighted by atomic mass is 32.2. The second-order valence-electron chi connectivity index (χ2n) is 5.10. The molecule has 7 heteroatoms. The van der Waals surface area contributed by atoms with E-state index in [4.69, 9.17) is 0 Å². The molecule has 0 aromatic heterocycles. The minimum Gasteiger partial charge on any atom is -0.229 e. The average molecular weight is 283 g/mol. The van der Waals surface area contributed by atoms with Crippen molar-refractivity contribution in [3.8, 4) is 0 Å². The van der Waals surface area contributed by atoms with Crippen LogP contribution in [0.4, 0.5) is 0 Å². The Bertz CT molecular complexity index is 476. The number of rotatable bonds is 6. The first-order valence-corrected chi connectivity index (χ1v) is 9.23. The van der Waals surface area contributed by atoms with Crippen LogP contribution in [0.15, 0.2) is 0 Å². The van der Waals surface area contributed by atoms with Gasteiger partial charge in [0, 0.05) is 18.8 Å². The van der Waals surface area contributed by atoms with Crippen molar-refractivity contribution < 1.29 is 16.8 Å². The molecule has 1 aliphatic rings. The van der Waals surface area contributed by atoms with Crippen LogP contribution in [0.25, 0.3) is 0 Å². The molecule has 1 rings (SSSR count). The molecule has 1 fully saturated rings. The van der Waals surface area contributed by atoms with Gasteiger partial charge in [-0.05, 0) is 26.7 Å².